The first-order valence-electron chi connectivity index (χ1n) is 10.4. The minimum Gasteiger partial charge on any atom is -0.0613 e. The third kappa shape index (κ3) is 4.03. The Labute approximate surface area is 174 Å². The van der Waals surface area contributed by atoms with Crippen LogP contribution < -0.4 is 0 Å². The van der Waals surface area contributed by atoms with Crippen LogP contribution in [0.1, 0.15) is 29.2 Å². The van der Waals surface area contributed by atoms with Gasteiger partial charge in [-0.05, 0) is 71.7 Å². The molecule has 0 aliphatic carbocycles. The van der Waals surface area contributed by atoms with Gasteiger partial charge in [-0.2, -0.15) is 0 Å². The maximum absolute atomic E-state index is 2.36. The molecule has 0 heterocycles. The summed E-state index contributed by atoms with van der Waals surface area (Å²) in [5.74, 6) is 0. The summed E-state index contributed by atoms with van der Waals surface area (Å²) in [5.41, 5.74) is 13.1. The lowest BCUT2D eigenvalue weighted by molar-refractivity contribution is 1.14. The van der Waals surface area contributed by atoms with Crippen molar-refractivity contribution in [1.29, 1.82) is 0 Å². The molecular weight excluding hydrogens is 348 g/mol. The summed E-state index contributed by atoms with van der Waals surface area (Å²) in [6.07, 6.45) is 1.03. The van der Waals surface area contributed by atoms with E-state index in [0.29, 0.717) is 0 Å². The van der Waals surface area contributed by atoms with Crippen LogP contribution in [0, 0.1) is 20.8 Å². The molecule has 0 amide bonds. The fraction of sp³-hybridized carbons (Fsp3) is 0.172. The first kappa shape index (κ1) is 19.2. The highest BCUT2D eigenvalue weighted by molar-refractivity contribution is 5.77. The van der Waals surface area contributed by atoms with Crippen LogP contribution in [0.15, 0.2) is 84.9 Å². The minimum absolute atomic E-state index is 1.03. The maximum atomic E-state index is 2.36. The third-order valence-corrected chi connectivity index (χ3v) is 5.77. The molecule has 0 saturated carbocycles. The predicted molar refractivity (Wildman–Crippen MR) is 126 cm³/mol. The Morgan fingerprint density at radius 3 is 1.45 bits per heavy atom. The van der Waals surface area contributed by atoms with E-state index in [2.05, 4.69) is 113 Å². The molecule has 0 aliphatic heterocycles. The van der Waals surface area contributed by atoms with Gasteiger partial charge in [0, 0.05) is 0 Å². The Morgan fingerprint density at radius 1 is 0.483 bits per heavy atom. The second-order valence-corrected chi connectivity index (χ2v) is 7.99. The fourth-order valence-electron chi connectivity index (χ4n) is 3.98. The second-order valence-electron chi connectivity index (χ2n) is 7.99. The molecule has 0 heteroatoms. The van der Waals surface area contributed by atoms with Crippen molar-refractivity contribution in [1.82, 2.24) is 0 Å². The summed E-state index contributed by atoms with van der Waals surface area (Å²) in [7, 11) is 0. The lowest BCUT2D eigenvalue weighted by Crippen LogP contribution is -1.91. The average molecular weight is 377 g/mol. The summed E-state index contributed by atoms with van der Waals surface area (Å²) < 4.78 is 0. The van der Waals surface area contributed by atoms with Gasteiger partial charge >= 0.3 is 0 Å². The van der Waals surface area contributed by atoms with Crippen molar-refractivity contribution in [2.24, 2.45) is 0 Å². The van der Waals surface area contributed by atoms with Gasteiger partial charge in [-0.15, -0.1) is 0 Å². The Hall–Kier alpha value is -3.12. The van der Waals surface area contributed by atoms with Gasteiger partial charge in [0.2, 0.25) is 0 Å². The Kier molecular flexibility index (Phi) is 5.36. The van der Waals surface area contributed by atoms with Gasteiger partial charge in [-0.3, -0.25) is 0 Å². The number of benzene rings is 4. The number of hydrogen-bond acceptors (Lipinski definition) is 0. The Balaban J connectivity index is 1.70. The van der Waals surface area contributed by atoms with Gasteiger partial charge < -0.3 is 0 Å². The SMILES string of the molecule is CCc1cc(-c2ccc(-c3ccc(C)cc3)c(C)c2)ccc1-c1ccc(C)cc1. The molecule has 0 bridgehead atoms. The Bertz CT molecular complexity index is 1130. The smallest absolute Gasteiger partial charge is 0.0152 e. The number of aryl methyl sites for hydroxylation is 4. The van der Waals surface area contributed by atoms with Crippen LogP contribution >= 0.6 is 0 Å². The molecule has 4 aromatic rings. The molecule has 0 spiro atoms. The average Bonchev–Trinajstić information content (AvgIpc) is 2.74. The van der Waals surface area contributed by atoms with E-state index >= 15 is 0 Å². The standard InChI is InChI=1S/C29H28/c1-5-23-19-27(15-17-29(23)25-12-8-21(3)9-13-25)26-14-16-28(22(4)18-26)24-10-6-20(2)7-11-24/h6-19H,5H2,1-4H3. The molecule has 29 heavy (non-hydrogen) atoms. The van der Waals surface area contributed by atoms with Crippen LogP contribution in [0.4, 0.5) is 0 Å². The monoisotopic (exact) mass is 376 g/mol. The van der Waals surface area contributed by atoms with Gasteiger partial charge in [0.15, 0.2) is 0 Å². The molecule has 4 aromatic carbocycles. The molecule has 0 fully saturated rings. The van der Waals surface area contributed by atoms with E-state index in [9.17, 15) is 0 Å². The lowest BCUT2D eigenvalue weighted by Gasteiger charge is -2.13. The molecule has 0 unspecified atom stereocenters. The zero-order valence-corrected chi connectivity index (χ0v) is 17.8. The summed E-state index contributed by atoms with van der Waals surface area (Å²) in [4.78, 5) is 0. The van der Waals surface area contributed by atoms with Crippen LogP contribution in [-0.2, 0) is 6.42 Å². The van der Waals surface area contributed by atoms with Crippen molar-refractivity contribution in [2.75, 3.05) is 0 Å². The van der Waals surface area contributed by atoms with Crippen LogP contribution in [0.3, 0.4) is 0 Å². The van der Waals surface area contributed by atoms with E-state index in [-0.39, 0.29) is 0 Å². The van der Waals surface area contributed by atoms with Gasteiger partial charge in [0.05, 0.1) is 0 Å². The topological polar surface area (TPSA) is 0 Å². The second kappa shape index (κ2) is 8.09. The fourth-order valence-corrected chi connectivity index (χ4v) is 3.98. The van der Waals surface area contributed by atoms with Gasteiger partial charge in [-0.25, -0.2) is 0 Å². The lowest BCUT2D eigenvalue weighted by atomic mass is 9.91. The van der Waals surface area contributed by atoms with E-state index in [0.717, 1.165) is 6.42 Å². The predicted octanol–water partition coefficient (Wildman–Crippen LogP) is 8.18. The van der Waals surface area contributed by atoms with E-state index in [1.807, 2.05) is 0 Å². The van der Waals surface area contributed by atoms with E-state index in [4.69, 9.17) is 0 Å². The van der Waals surface area contributed by atoms with Crippen molar-refractivity contribution < 1.29 is 0 Å². The normalized spacial score (nSPS) is 10.9. The van der Waals surface area contributed by atoms with Crippen molar-refractivity contribution in [2.45, 2.75) is 34.1 Å². The Morgan fingerprint density at radius 2 is 0.931 bits per heavy atom. The van der Waals surface area contributed by atoms with Crippen LogP contribution in [0.5, 0.6) is 0 Å². The van der Waals surface area contributed by atoms with E-state index in [1.54, 1.807) is 0 Å². The van der Waals surface area contributed by atoms with Crippen molar-refractivity contribution >= 4 is 0 Å². The van der Waals surface area contributed by atoms with Gasteiger partial charge in [0.1, 0.15) is 0 Å². The molecule has 4 rings (SSSR count). The van der Waals surface area contributed by atoms with Gasteiger partial charge in [-0.1, -0.05) is 103 Å². The summed E-state index contributed by atoms with van der Waals surface area (Å²) >= 11 is 0. The molecule has 0 nitrogen and oxygen atoms in total. The largest absolute Gasteiger partial charge is 0.0613 e. The molecule has 0 saturated heterocycles. The maximum Gasteiger partial charge on any atom is -0.0152 e. The molecular formula is C29H28. The summed E-state index contributed by atoms with van der Waals surface area (Å²) in [6, 6.07) is 31.3. The quantitative estimate of drug-likeness (QED) is 0.337. The number of hydrogen-bond donors (Lipinski definition) is 0. The zero-order chi connectivity index (χ0) is 20.4. The van der Waals surface area contributed by atoms with Crippen molar-refractivity contribution in [3.8, 4) is 33.4 Å². The first-order chi connectivity index (χ1) is 14.0. The summed E-state index contributed by atoms with van der Waals surface area (Å²) in [6.45, 7) is 8.71. The molecule has 0 radical (unpaired) electrons. The minimum atomic E-state index is 1.03. The molecule has 0 N–H and O–H groups in total. The summed E-state index contributed by atoms with van der Waals surface area (Å²) in [5, 5.41) is 0. The molecule has 0 aromatic heterocycles. The highest BCUT2D eigenvalue weighted by Crippen LogP contribution is 2.32. The van der Waals surface area contributed by atoms with Crippen LogP contribution in [0.2, 0.25) is 0 Å². The van der Waals surface area contributed by atoms with Crippen molar-refractivity contribution in [3.63, 3.8) is 0 Å². The van der Waals surface area contributed by atoms with Crippen molar-refractivity contribution in [3.05, 3.63) is 107 Å². The molecule has 0 atom stereocenters. The number of rotatable bonds is 4. The first-order valence-corrected chi connectivity index (χ1v) is 10.4. The molecule has 0 aliphatic rings. The van der Waals surface area contributed by atoms with E-state index < -0.39 is 0 Å². The van der Waals surface area contributed by atoms with Gasteiger partial charge in [0.25, 0.3) is 0 Å². The highest BCUT2D eigenvalue weighted by Gasteiger charge is 2.09. The van der Waals surface area contributed by atoms with Crippen LogP contribution in [-0.4, -0.2) is 0 Å². The highest BCUT2D eigenvalue weighted by atomic mass is 14.1. The zero-order valence-electron chi connectivity index (χ0n) is 17.8. The van der Waals surface area contributed by atoms with E-state index in [1.165, 1.54) is 55.6 Å². The molecule has 144 valence electrons. The van der Waals surface area contributed by atoms with Crippen LogP contribution in [0.25, 0.3) is 33.4 Å². The third-order valence-electron chi connectivity index (χ3n) is 5.77.